The van der Waals surface area contributed by atoms with E-state index < -0.39 is 0 Å². The van der Waals surface area contributed by atoms with Gasteiger partial charge in [-0.3, -0.25) is 14.4 Å². The first-order chi connectivity index (χ1) is 17.7. The minimum absolute atomic E-state index is 0.165. The maximum atomic E-state index is 12.5. The second-order valence-corrected chi connectivity index (χ2v) is 8.54. The van der Waals surface area contributed by atoms with Gasteiger partial charge in [0.1, 0.15) is 6.61 Å². The molecule has 10 nitrogen and oxygen atoms in total. The van der Waals surface area contributed by atoms with Gasteiger partial charge >= 0.3 is 0 Å². The normalized spacial score (nSPS) is 14.1. The average molecular weight is 488 g/mol. The summed E-state index contributed by atoms with van der Waals surface area (Å²) in [7, 11) is 0. The lowest BCUT2D eigenvalue weighted by Gasteiger charge is -2.26. The van der Waals surface area contributed by atoms with Gasteiger partial charge in [-0.05, 0) is 24.6 Å². The maximum absolute atomic E-state index is 12.5. The smallest absolute Gasteiger partial charge is 0.267 e. The fourth-order valence-electron chi connectivity index (χ4n) is 4.02. The molecule has 1 aliphatic rings. The highest BCUT2D eigenvalue weighted by atomic mass is 16.5. The van der Waals surface area contributed by atoms with Crippen LogP contribution in [-0.2, 0) is 17.8 Å². The molecule has 0 amide bonds. The van der Waals surface area contributed by atoms with E-state index in [2.05, 4.69) is 25.1 Å². The molecule has 0 aliphatic carbocycles. The summed E-state index contributed by atoms with van der Waals surface area (Å²) in [4.78, 5) is 23.8. The molecule has 1 aromatic carbocycles. The largest absolute Gasteiger partial charge is 0.489 e. The summed E-state index contributed by atoms with van der Waals surface area (Å²) in [5.74, 6) is 1.24. The average Bonchev–Trinajstić information content (AvgIpc) is 3.41. The van der Waals surface area contributed by atoms with Crippen LogP contribution >= 0.6 is 0 Å². The van der Waals surface area contributed by atoms with E-state index in [0.29, 0.717) is 30.4 Å². The molecule has 0 radical (unpaired) electrons. The zero-order valence-electron chi connectivity index (χ0n) is 20.3. The molecule has 0 unspecified atom stereocenters. The molecule has 36 heavy (non-hydrogen) atoms. The van der Waals surface area contributed by atoms with Crippen molar-refractivity contribution in [3.63, 3.8) is 0 Å². The quantitative estimate of drug-likeness (QED) is 0.355. The zero-order valence-corrected chi connectivity index (χ0v) is 20.3. The zero-order chi connectivity index (χ0) is 24.7. The Morgan fingerprint density at radius 3 is 2.64 bits per heavy atom. The summed E-state index contributed by atoms with van der Waals surface area (Å²) in [6, 6.07) is 11.1. The number of ether oxygens (including phenoxy) is 2. The Labute approximate surface area is 209 Å². The molecule has 0 saturated carbocycles. The fraction of sp³-hybridized carbons (Fsp3) is 0.346. The third kappa shape index (κ3) is 5.84. The lowest BCUT2D eigenvalue weighted by atomic mass is 10.1. The van der Waals surface area contributed by atoms with Gasteiger partial charge in [0.05, 0.1) is 44.0 Å². The lowest BCUT2D eigenvalue weighted by molar-refractivity contribution is 0.0322. The minimum atomic E-state index is -0.165. The molecule has 0 bridgehead atoms. The number of aromatic nitrogens is 6. The predicted octanol–water partition coefficient (Wildman–Crippen LogP) is 2.34. The molecule has 1 aliphatic heterocycles. The van der Waals surface area contributed by atoms with Crippen LogP contribution in [0.2, 0.25) is 0 Å². The molecule has 0 spiro atoms. The topological polar surface area (TPSA) is 100 Å². The SMILES string of the molecule is CCn1cc(-c2ccc(=O)n(Cc3cccc(-c4ncc(OCCN5CCOCC5)cn4)c3)n2)cn1. The van der Waals surface area contributed by atoms with Gasteiger partial charge in [0.2, 0.25) is 0 Å². The molecular weight excluding hydrogens is 458 g/mol. The van der Waals surface area contributed by atoms with Crippen molar-refractivity contribution >= 4 is 0 Å². The third-order valence-corrected chi connectivity index (χ3v) is 6.05. The van der Waals surface area contributed by atoms with E-state index in [1.54, 1.807) is 24.7 Å². The van der Waals surface area contributed by atoms with E-state index in [0.717, 1.165) is 56.1 Å². The van der Waals surface area contributed by atoms with Crippen LogP contribution in [0.25, 0.3) is 22.6 Å². The van der Waals surface area contributed by atoms with Crippen LogP contribution in [0.15, 0.2) is 66.0 Å². The summed E-state index contributed by atoms with van der Waals surface area (Å²) in [6.07, 6.45) is 7.07. The van der Waals surface area contributed by atoms with Crippen molar-refractivity contribution in [2.75, 3.05) is 39.5 Å². The number of hydrogen-bond donors (Lipinski definition) is 0. The van der Waals surface area contributed by atoms with Gasteiger partial charge in [-0.1, -0.05) is 18.2 Å². The van der Waals surface area contributed by atoms with Crippen LogP contribution in [0, 0.1) is 0 Å². The monoisotopic (exact) mass is 487 g/mol. The van der Waals surface area contributed by atoms with E-state index >= 15 is 0 Å². The molecule has 1 saturated heterocycles. The molecule has 4 heterocycles. The van der Waals surface area contributed by atoms with Crippen LogP contribution in [0.4, 0.5) is 0 Å². The molecule has 1 fully saturated rings. The van der Waals surface area contributed by atoms with Crippen molar-refractivity contribution in [2.45, 2.75) is 20.0 Å². The molecule has 5 rings (SSSR count). The molecule has 186 valence electrons. The second-order valence-electron chi connectivity index (χ2n) is 8.54. The number of hydrogen-bond acceptors (Lipinski definition) is 8. The highest BCUT2D eigenvalue weighted by Crippen LogP contribution is 2.19. The molecular formula is C26H29N7O3. The van der Waals surface area contributed by atoms with Crippen molar-refractivity contribution in [3.05, 3.63) is 77.1 Å². The van der Waals surface area contributed by atoms with Gasteiger partial charge in [0.15, 0.2) is 11.6 Å². The first-order valence-electron chi connectivity index (χ1n) is 12.1. The van der Waals surface area contributed by atoms with E-state index in [1.165, 1.54) is 10.7 Å². The highest BCUT2D eigenvalue weighted by Gasteiger charge is 2.11. The number of rotatable bonds is 9. The van der Waals surface area contributed by atoms with Crippen molar-refractivity contribution in [2.24, 2.45) is 0 Å². The molecule has 0 N–H and O–H groups in total. The van der Waals surface area contributed by atoms with Gasteiger partial charge in [0.25, 0.3) is 5.56 Å². The third-order valence-electron chi connectivity index (χ3n) is 6.05. The summed E-state index contributed by atoms with van der Waals surface area (Å²) in [5.41, 5.74) is 3.21. The van der Waals surface area contributed by atoms with Crippen LogP contribution in [0.1, 0.15) is 12.5 Å². The molecule has 10 heteroatoms. The summed E-state index contributed by atoms with van der Waals surface area (Å²) in [6.45, 7) is 7.99. The first kappa shape index (κ1) is 23.8. The van der Waals surface area contributed by atoms with Gasteiger partial charge in [-0.15, -0.1) is 0 Å². The predicted molar refractivity (Wildman–Crippen MR) is 135 cm³/mol. The number of aryl methyl sites for hydroxylation is 1. The molecule has 4 aromatic rings. The van der Waals surface area contributed by atoms with Gasteiger partial charge in [0, 0.05) is 49.6 Å². The first-order valence-corrected chi connectivity index (χ1v) is 12.1. The standard InChI is InChI=1S/C26H29N7O3/c1-2-32-19-22(15-29-32)24-6-7-25(34)33(30-24)18-20-4-3-5-21(14-20)26-27-16-23(17-28-26)36-13-10-31-8-11-35-12-9-31/h3-7,14-17,19H,2,8-13,18H2,1H3. The van der Waals surface area contributed by atoms with Crippen molar-refractivity contribution in [3.8, 4) is 28.4 Å². The van der Waals surface area contributed by atoms with Gasteiger partial charge in [-0.25, -0.2) is 14.6 Å². The highest BCUT2D eigenvalue weighted by molar-refractivity contribution is 5.57. The van der Waals surface area contributed by atoms with E-state index in [1.807, 2.05) is 42.1 Å². The summed E-state index contributed by atoms with van der Waals surface area (Å²) in [5, 5.41) is 8.85. The van der Waals surface area contributed by atoms with Crippen molar-refractivity contribution in [1.82, 2.24) is 34.4 Å². The Kier molecular flexibility index (Phi) is 7.44. The van der Waals surface area contributed by atoms with Crippen LogP contribution in [0.5, 0.6) is 5.75 Å². The maximum Gasteiger partial charge on any atom is 0.267 e. The second kappa shape index (κ2) is 11.2. The Bertz CT molecular complexity index is 1340. The van der Waals surface area contributed by atoms with E-state index in [-0.39, 0.29) is 5.56 Å². The number of benzene rings is 1. The minimum Gasteiger partial charge on any atom is -0.489 e. The van der Waals surface area contributed by atoms with Crippen molar-refractivity contribution < 1.29 is 9.47 Å². The van der Waals surface area contributed by atoms with E-state index in [9.17, 15) is 4.79 Å². The Morgan fingerprint density at radius 1 is 1.03 bits per heavy atom. The summed E-state index contributed by atoms with van der Waals surface area (Å²) >= 11 is 0. The van der Waals surface area contributed by atoms with Crippen LogP contribution < -0.4 is 10.3 Å². The lowest BCUT2D eigenvalue weighted by Crippen LogP contribution is -2.38. The number of morpholine rings is 1. The Hall–Kier alpha value is -3.89. The van der Waals surface area contributed by atoms with Crippen molar-refractivity contribution in [1.29, 1.82) is 0 Å². The van der Waals surface area contributed by atoms with E-state index in [4.69, 9.17) is 9.47 Å². The van der Waals surface area contributed by atoms with Gasteiger partial charge in [-0.2, -0.15) is 10.2 Å². The van der Waals surface area contributed by atoms with Crippen LogP contribution in [0.3, 0.4) is 0 Å². The fourth-order valence-corrected chi connectivity index (χ4v) is 4.02. The number of nitrogens with zero attached hydrogens (tertiary/aromatic N) is 7. The molecule has 3 aromatic heterocycles. The molecule has 0 atom stereocenters. The summed E-state index contributed by atoms with van der Waals surface area (Å²) < 4.78 is 14.5. The van der Waals surface area contributed by atoms with Gasteiger partial charge < -0.3 is 9.47 Å². The Morgan fingerprint density at radius 2 is 1.86 bits per heavy atom. The Balaban J connectivity index is 1.25. The van der Waals surface area contributed by atoms with Crippen LogP contribution in [-0.4, -0.2) is 73.9 Å².